The van der Waals surface area contributed by atoms with Crippen molar-refractivity contribution in [3.63, 3.8) is 0 Å². The van der Waals surface area contributed by atoms with Gasteiger partial charge in [0.25, 0.3) is 0 Å². The molecule has 6 heteroatoms. The second-order valence-electron chi connectivity index (χ2n) is 8.87. The second kappa shape index (κ2) is 8.34. The van der Waals surface area contributed by atoms with Gasteiger partial charge >= 0.3 is 0 Å². The Morgan fingerprint density at radius 2 is 1.76 bits per heavy atom. The number of nitrogens with one attached hydrogen (secondary N) is 2. The number of H-pyrrole nitrogens is 1. The summed E-state index contributed by atoms with van der Waals surface area (Å²) in [5.74, 6) is -0.236. The fraction of sp³-hybridized carbons (Fsp3) is 0.259. The molecule has 0 amide bonds. The molecular weight excluding hydrogens is 435 g/mol. The van der Waals surface area contributed by atoms with Gasteiger partial charge in [-0.05, 0) is 60.1 Å². The van der Waals surface area contributed by atoms with Gasteiger partial charge in [0, 0.05) is 22.2 Å². The van der Waals surface area contributed by atoms with Gasteiger partial charge in [0.1, 0.15) is 0 Å². The largest absolute Gasteiger partial charge is 0.352 e. The molecule has 170 valence electrons. The minimum atomic E-state index is -3.34. The number of fused-ring (bicyclic) bond motifs is 5. The van der Waals surface area contributed by atoms with E-state index < -0.39 is 10.0 Å². The van der Waals surface area contributed by atoms with Crippen LogP contribution in [0.1, 0.15) is 36.5 Å². The van der Waals surface area contributed by atoms with Gasteiger partial charge in [-0.2, -0.15) is 0 Å². The van der Waals surface area contributed by atoms with E-state index in [9.17, 15) is 8.42 Å². The number of hydrogen-bond donors (Lipinski definition) is 2. The smallest absolute Gasteiger partial charge is 0.229 e. The van der Waals surface area contributed by atoms with Gasteiger partial charge in [-0.3, -0.25) is 4.72 Å². The van der Waals surface area contributed by atoms with Crippen LogP contribution in [0.5, 0.6) is 0 Å². The minimum absolute atomic E-state index is 0.236. The third kappa shape index (κ3) is 4.15. The molecule has 1 heterocycles. The molecule has 3 aromatic carbocycles. The zero-order valence-corrected chi connectivity index (χ0v) is 19.7. The molecule has 4 aromatic rings. The maximum atomic E-state index is 15.7. The van der Waals surface area contributed by atoms with E-state index >= 15 is 4.39 Å². The maximum Gasteiger partial charge on any atom is 0.229 e. The van der Waals surface area contributed by atoms with Crippen LogP contribution in [0.2, 0.25) is 0 Å². The Bertz CT molecular complexity index is 1450. The lowest BCUT2D eigenvalue weighted by atomic mass is 9.88. The highest BCUT2D eigenvalue weighted by molar-refractivity contribution is 7.92. The number of aromatic nitrogens is 1. The van der Waals surface area contributed by atoms with Gasteiger partial charge < -0.3 is 4.98 Å². The molecule has 0 radical (unpaired) electrons. The SMILES string of the molecule is CCCCc1ccc(-c2ccc3c4c([nH]c3c2F)-c2ccc(NS(C)(=O)=O)cc2CC4)cc1. The number of hydrogen-bond acceptors (Lipinski definition) is 2. The lowest BCUT2D eigenvalue weighted by Gasteiger charge is -2.18. The Balaban J connectivity index is 1.54. The van der Waals surface area contributed by atoms with Gasteiger partial charge in [0.15, 0.2) is 5.82 Å². The van der Waals surface area contributed by atoms with Crippen molar-refractivity contribution in [2.45, 2.75) is 39.0 Å². The highest BCUT2D eigenvalue weighted by Crippen LogP contribution is 2.40. The molecule has 0 saturated carbocycles. The Kier molecular flexibility index (Phi) is 5.49. The molecule has 0 fully saturated rings. The van der Waals surface area contributed by atoms with E-state index in [0.29, 0.717) is 16.8 Å². The number of halogens is 1. The van der Waals surface area contributed by atoms with Crippen molar-refractivity contribution in [3.05, 3.63) is 77.1 Å². The van der Waals surface area contributed by atoms with Crippen LogP contribution in [0, 0.1) is 5.82 Å². The summed E-state index contributed by atoms with van der Waals surface area (Å²) in [6, 6.07) is 17.6. The van der Waals surface area contributed by atoms with Crippen molar-refractivity contribution in [2.75, 3.05) is 11.0 Å². The summed E-state index contributed by atoms with van der Waals surface area (Å²) in [7, 11) is -3.34. The Morgan fingerprint density at radius 3 is 2.48 bits per heavy atom. The predicted octanol–water partition coefficient (Wildman–Crippen LogP) is 6.45. The van der Waals surface area contributed by atoms with Crippen LogP contribution < -0.4 is 4.72 Å². The van der Waals surface area contributed by atoms with Crippen molar-refractivity contribution in [1.29, 1.82) is 0 Å². The fourth-order valence-corrected chi connectivity index (χ4v) is 5.37. The molecule has 5 rings (SSSR count). The standard InChI is InChI=1S/C27H27FN2O2S/c1-3-4-5-17-6-8-18(9-7-17)21-14-15-24-23-12-10-19-16-20(30-33(2,31)32)11-13-22(19)26(23)29-27(24)25(21)28/h6-9,11,13-16,29-30H,3-5,10,12H2,1-2H3. The molecule has 1 aromatic heterocycles. The van der Waals surface area contributed by atoms with Gasteiger partial charge in [-0.15, -0.1) is 0 Å². The number of benzene rings is 3. The van der Waals surface area contributed by atoms with Crippen molar-refractivity contribution in [3.8, 4) is 22.4 Å². The molecule has 33 heavy (non-hydrogen) atoms. The first-order valence-electron chi connectivity index (χ1n) is 11.4. The third-order valence-corrected chi connectivity index (χ3v) is 7.03. The van der Waals surface area contributed by atoms with Gasteiger partial charge in [-0.25, -0.2) is 12.8 Å². The zero-order chi connectivity index (χ0) is 23.2. The Labute approximate surface area is 193 Å². The van der Waals surface area contributed by atoms with E-state index in [1.54, 1.807) is 6.07 Å². The van der Waals surface area contributed by atoms with Crippen LogP contribution >= 0.6 is 0 Å². The highest BCUT2D eigenvalue weighted by Gasteiger charge is 2.23. The summed E-state index contributed by atoms with van der Waals surface area (Å²) in [6.45, 7) is 2.18. The van der Waals surface area contributed by atoms with Crippen LogP contribution in [0.4, 0.5) is 10.1 Å². The number of rotatable bonds is 6. The van der Waals surface area contributed by atoms with Crippen LogP contribution in [0.15, 0.2) is 54.6 Å². The molecule has 0 saturated heterocycles. The molecule has 0 unspecified atom stereocenters. The normalized spacial score (nSPS) is 13.1. The highest BCUT2D eigenvalue weighted by atomic mass is 32.2. The molecule has 0 atom stereocenters. The summed E-state index contributed by atoms with van der Waals surface area (Å²) >= 11 is 0. The summed E-state index contributed by atoms with van der Waals surface area (Å²) in [4.78, 5) is 3.34. The number of sulfonamides is 1. The van der Waals surface area contributed by atoms with Crippen molar-refractivity contribution in [1.82, 2.24) is 4.98 Å². The molecule has 1 aliphatic carbocycles. The number of unbranched alkanes of at least 4 members (excludes halogenated alkanes) is 1. The van der Waals surface area contributed by atoms with Crippen molar-refractivity contribution in [2.24, 2.45) is 0 Å². The van der Waals surface area contributed by atoms with Crippen LogP contribution in [-0.4, -0.2) is 19.7 Å². The Morgan fingerprint density at radius 1 is 1.00 bits per heavy atom. The quantitative estimate of drug-likeness (QED) is 0.346. The van der Waals surface area contributed by atoms with E-state index in [1.165, 1.54) is 5.56 Å². The first-order valence-corrected chi connectivity index (χ1v) is 13.3. The van der Waals surface area contributed by atoms with Crippen molar-refractivity contribution < 1.29 is 12.8 Å². The van der Waals surface area contributed by atoms with Crippen molar-refractivity contribution >= 4 is 26.6 Å². The second-order valence-corrected chi connectivity index (χ2v) is 10.6. The summed E-state index contributed by atoms with van der Waals surface area (Å²) in [5, 5.41) is 0.912. The molecule has 1 aliphatic rings. The predicted molar refractivity (Wildman–Crippen MR) is 134 cm³/mol. The molecule has 0 aliphatic heterocycles. The van der Waals surface area contributed by atoms with Crippen LogP contribution in [0.25, 0.3) is 33.3 Å². The summed E-state index contributed by atoms with van der Waals surface area (Å²) in [5.41, 5.74) is 7.89. The van der Waals surface area contributed by atoms with E-state index in [4.69, 9.17) is 0 Å². The van der Waals surface area contributed by atoms with Crippen LogP contribution in [0.3, 0.4) is 0 Å². The van der Waals surface area contributed by atoms with Crippen LogP contribution in [-0.2, 0) is 29.3 Å². The van der Waals surface area contributed by atoms with E-state index in [2.05, 4.69) is 28.8 Å². The Hall–Kier alpha value is -3.12. The number of aryl methyl sites for hydroxylation is 3. The van der Waals surface area contributed by atoms with Gasteiger partial charge in [-0.1, -0.05) is 55.8 Å². The summed E-state index contributed by atoms with van der Waals surface area (Å²) < 4.78 is 41.4. The first kappa shape index (κ1) is 21.7. The average Bonchev–Trinajstić information content (AvgIpc) is 3.17. The lowest BCUT2D eigenvalue weighted by molar-refractivity contribution is 0.607. The monoisotopic (exact) mass is 462 g/mol. The first-order chi connectivity index (χ1) is 15.8. The third-order valence-electron chi connectivity index (χ3n) is 6.42. The maximum absolute atomic E-state index is 15.7. The number of aromatic amines is 1. The van der Waals surface area contributed by atoms with Gasteiger partial charge in [0.05, 0.1) is 17.5 Å². The lowest BCUT2D eigenvalue weighted by Crippen LogP contribution is -2.10. The van der Waals surface area contributed by atoms with Gasteiger partial charge in [0.2, 0.25) is 10.0 Å². The van der Waals surface area contributed by atoms with E-state index in [-0.39, 0.29) is 5.82 Å². The molecule has 0 bridgehead atoms. The fourth-order valence-electron chi connectivity index (χ4n) is 4.81. The topological polar surface area (TPSA) is 62.0 Å². The number of anilines is 1. The minimum Gasteiger partial charge on any atom is -0.352 e. The average molecular weight is 463 g/mol. The molecule has 2 N–H and O–H groups in total. The van der Waals surface area contributed by atoms with E-state index in [0.717, 1.165) is 71.7 Å². The molecular formula is C27H27FN2O2S. The molecule has 0 spiro atoms. The summed E-state index contributed by atoms with van der Waals surface area (Å²) in [6.07, 6.45) is 6.04. The molecule has 4 nitrogen and oxygen atoms in total. The van der Waals surface area contributed by atoms with E-state index in [1.807, 2.05) is 36.4 Å². The zero-order valence-electron chi connectivity index (χ0n) is 18.8.